The summed E-state index contributed by atoms with van der Waals surface area (Å²) in [5.74, 6) is 7.87. The van der Waals surface area contributed by atoms with Crippen LogP contribution in [0.25, 0.3) is 0 Å². The molecule has 0 fully saturated rings. The summed E-state index contributed by atoms with van der Waals surface area (Å²) >= 11 is 0. The maximum atomic E-state index is 7.19. The Hall–Kier alpha value is -1.50. The molecule has 0 aliphatic heterocycles. The molecule has 5 aromatic rings. The molecule has 0 N–H and O–H groups in total. The Morgan fingerprint density at radius 1 is 0.148 bits per heavy atom. The minimum atomic E-state index is 0. The van der Waals surface area contributed by atoms with E-state index >= 15 is 0 Å². The highest BCUT2D eigenvalue weighted by molar-refractivity contribution is 5.60. The fourth-order valence-corrected chi connectivity index (χ4v) is 11.3. The summed E-state index contributed by atoms with van der Waals surface area (Å²) in [4.78, 5) is 0. The minimum absolute atomic E-state index is 0. The van der Waals surface area contributed by atoms with E-state index < -0.39 is 0 Å². The number of hydrogen-bond acceptors (Lipinski definition) is 10. The highest BCUT2D eigenvalue weighted by Gasteiger charge is 2.28. The third-order valence-electron chi connectivity index (χ3n) is 18.3. The minimum Gasteiger partial charge on any atom is -1.00 e. The lowest BCUT2D eigenvalue weighted by Gasteiger charge is -2.27. The van der Waals surface area contributed by atoms with Gasteiger partial charge in [-0.1, -0.05) is 0 Å². The fraction of sp³-hybridized carbons (Fsp3) is 0.647. The van der Waals surface area contributed by atoms with Gasteiger partial charge in [0.25, 0.3) is 0 Å². The number of benzene rings is 5. The molecule has 20 nitrogen and oxygen atoms in total. The van der Waals surface area contributed by atoms with Gasteiger partial charge in [0.1, 0.15) is 189 Å². The van der Waals surface area contributed by atoms with E-state index in [1.165, 1.54) is 0 Å². The second kappa shape index (κ2) is 52.3. The van der Waals surface area contributed by atoms with Crippen molar-refractivity contribution >= 4 is 0 Å². The van der Waals surface area contributed by atoms with Gasteiger partial charge in [-0.3, -0.25) is 0 Å². The first-order valence-electron chi connectivity index (χ1n) is 38.3. The summed E-state index contributed by atoms with van der Waals surface area (Å²) < 4.78 is 79.2. The van der Waals surface area contributed by atoms with Crippen molar-refractivity contribution in [3.8, 4) is 57.5 Å². The Morgan fingerprint density at radius 3 is 0.278 bits per heavy atom. The van der Waals surface area contributed by atoms with Crippen molar-refractivity contribution in [3.63, 3.8) is 0 Å². The molecule has 15 rings (SSSR count). The van der Waals surface area contributed by atoms with Gasteiger partial charge >= 0.3 is 0 Å². The van der Waals surface area contributed by atoms with Crippen LogP contribution in [-0.4, -0.2) is 388 Å². The van der Waals surface area contributed by atoms with E-state index in [-0.39, 0.29) is 170 Å². The number of likely N-dealkylation sites (N-methyl/N-ethyl adjacent to an activating group) is 10. The number of halogens is 10. The molecule has 670 valence electrons. The molecule has 0 saturated carbocycles. The van der Waals surface area contributed by atoms with Crippen LogP contribution in [0.4, 0.5) is 0 Å². The first kappa shape index (κ1) is 122. The molecule has 0 atom stereocenters. The van der Waals surface area contributed by atoms with E-state index in [0.29, 0.717) is 98.2 Å². The summed E-state index contributed by atoms with van der Waals surface area (Å²) in [6.45, 7) is 12.8. The number of nitrogens with zero attached hydrogens (tertiary/aromatic N) is 10. The van der Waals surface area contributed by atoms with E-state index in [4.69, 9.17) is 47.4 Å². The molecule has 115 heavy (non-hydrogen) atoms. The van der Waals surface area contributed by atoms with Crippen molar-refractivity contribution in [2.75, 3.05) is 343 Å². The van der Waals surface area contributed by atoms with Crippen LogP contribution in [0.2, 0.25) is 0 Å². The Kier molecular flexibility index (Phi) is 55.5. The molecule has 0 heterocycles. The standard InChI is InChI=1S/C85H150N10O10.10BrH/c1-86(2,3)31-41-96-76-56-67-52-69-59-81(101-46-36-91(16,17)18)71(61-80(69)100-45-35-90(13,14)15)54-73-63-85(105-50-40-95(28,29)30)75(65-84(73)104-49-39-94(25,26)27)55-74-64-82(102-47-37-92(19,20)21)72(62-83(74)103-48-38-93(22,23)24)53-70-60-78(98-43-33-88(7,8)9)68(58-79(70)99-44-34-89(10,11)12)51-66(76)57-77(67)97-42-32-87(4,5)6;;;;;;;;;;/h56-65H,31-55H2,1-30H3;10*1H/q+10;;;;;;;;;;/p-10. The Balaban J connectivity index is -0.00000403. The van der Waals surface area contributed by atoms with Crippen LogP contribution in [0, 0.1) is 0 Å². The average molecular weight is 2270 g/mol. The largest absolute Gasteiger partial charge is 1.00 e. The van der Waals surface area contributed by atoms with Gasteiger partial charge in [-0.15, -0.1) is 0 Å². The van der Waals surface area contributed by atoms with E-state index in [9.17, 15) is 0 Å². The van der Waals surface area contributed by atoms with Crippen molar-refractivity contribution in [2.24, 2.45) is 0 Å². The van der Waals surface area contributed by atoms with Gasteiger partial charge in [-0.05, 0) is 60.7 Å². The zero-order chi connectivity index (χ0) is 78.4. The van der Waals surface area contributed by atoms with Gasteiger partial charge in [0, 0.05) is 87.7 Å². The second-order valence-electron chi connectivity index (χ2n) is 39.8. The molecule has 10 aliphatic rings. The summed E-state index contributed by atoms with van der Waals surface area (Å²) in [6.07, 6.45) is 2.34. The maximum Gasteiger partial charge on any atom is 0.137 e. The molecular formula is C85H150Br10N10O10. The van der Waals surface area contributed by atoms with E-state index in [1.807, 2.05) is 0 Å². The second-order valence-corrected chi connectivity index (χ2v) is 39.8. The van der Waals surface area contributed by atoms with Gasteiger partial charge in [0.2, 0.25) is 0 Å². The molecule has 0 amide bonds. The predicted molar refractivity (Wildman–Crippen MR) is 430 cm³/mol. The number of hydrogen-bond donors (Lipinski definition) is 0. The van der Waals surface area contributed by atoms with Gasteiger partial charge in [0.05, 0.1) is 211 Å². The molecule has 0 spiro atoms. The lowest BCUT2D eigenvalue weighted by molar-refractivity contribution is -0.870. The molecule has 0 radical (unpaired) electrons. The zero-order valence-electron chi connectivity index (χ0n) is 75.8. The van der Waals surface area contributed by atoms with Crippen molar-refractivity contribution in [3.05, 3.63) is 116 Å². The van der Waals surface area contributed by atoms with Crippen LogP contribution in [0.15, 0.2) is 60.7 Å². The highest BCUT2D eigenvalue weighted by Crippen LogP contribution is 2.44. The molecule has 10 bridgehead atoms. The number of quaternary nitrogens is 10. The van der Waals surface area contributed by atoms with E-state index in [0.717, 1.165) is 223 Å². The van der Waals surface area contributed by atoms with Gasteiger partial charge < -0.3 is 262 Å². The van der Waals surface area contributed by atoms with Crippen molar-refractivity contribution in [2.45, 2.75) is 32.1 Å². The number of rotatable bonds is 40. The van der Waals surface area contributed by atoms with Crippen LogP contribution in [0.5, 0.6) is 57.5 Å². The lowest BCUT2D eigenvalue weighted by Crippen LogP contribution is -3.00. The van der Waals surface area contributed by atoms with Crippen LogP contribution >= 0.6 is 0 Å². The zero-order valence-corrected chi connectivity index (χ0v) is 91.6. The fourth-order valence-electron chi connectivity index (χ4n) is 11.3. The quantitative estimate of drug-likeness (QED) is 0.0346. The Labute approximate surface area is 803 Å². The molecule has 0 saturated heterocycles. The van der Waals surface area contributed by atoms with Crippen LogP contribution in [0.3, 0.4) is 0 Å². The summed E-state index contributed by atoms with van der Waals surface area (Å²) in [7, 11) is 66.4. The van der Waals surface area contributed by atoms with Gasteiger partial charge in [0.15, 0.2) is 0 Å². The molecular weight excluding hydrogens is 2120 g/mol. The Bertz CT molecular complexity index is 2860. The molecule has 0 unspecified atom stereocenters. The van der Waals surface area contributed by atoms with Crippen molar-refractivity contribution in [1.29, 1.82) is 0 Å². The van der Waals surface area contributed by atoms with E-state index in [2.05, 4.69) is 272 Å². The molecule has 30 heteroatoms. The van der Waals surface area contributed by atoms with Crippen molar-refractivity contribution in [1.82, 2.24) is 0 Å². The van der Waals surface area contributed by atoms with Crippen LogP contribution < -0.4 is 217 Å². The van der Waals surface area contributed by atoms with Gasteiger partial charge in [-0.2, -0.15) is 0 Å². The average Bonchev–Trinajstić information content (AvgIpc) is 1.33. The first-order valence-corrected chi connectivity index (χ1v) is 38.3. The third kappa shape index (κ3) is 48.4. The van der Waals surface area contributed by atoms with Crippen molar-refractivity contribution < 1.29 is 262 Å². The topological polar surface area (TPSA) is 92.3 Å². The third-order valence-corrected chi connectivity index (χ3v) is 18.3. The van der Waals surface area contributed by atoms with Crippen LogP contribution in [0.1, 0.15) is 55.6 Å². The Morgan fingerprint density at radius 2 is 0.217 bits per heavy atom. The first-order chi connectivity index (χ1) is 48.2. The normalized spacial score (nSPS) is 12.6. The SMILES string of the molecule is C[N+](C)(C)CCOc1cc2c(OCC[N+](C)(C)C)cc1Cc1cc(OCC[N+](C)(C)C)c(cc1OCC[N+](C)(C)C)Cc1cc(OCC[N+](C)(C)C)c(cc1OCC[N+](C)(C)C)Cc1cc(OCC[N+](C)(C)C)c(cc1OCC[N+](C)(C)C)Cc1cc(OCC[N+](C)(C)C)c(cc1OCC[N+](C)(C)C)C2.[Br-].[Br-].[Br-].[Br-].[Br-].[Br-].[Br-].[Br-].[Br-].[Br-]. The van der Waals surface area contributed by atoms with Crippen LogP contribution in [-0.2, 0) is 32.1 Å². The molecule has 0 aromatic heterocycles. The van der Waals surface area contributed by atoms with E-state index in [1.54, 1.807) is 0 Å². The molecule has 10 aliphatic carbocycles. The summed E-state index contributed by atoms with van der Waals surface area (Å²) in [5.41, 5.74) is 9.83. The molecule has 5 aromatic carbocycles. The number of ether oxygens (including phenoxy) is 10. The summed E-state index contributed by atoms with van der Waals surface area (Å²) in [5, 5.41) is 0. The summed E-state index contributed by atoms with van der Waals surface area (Å²) in [6, 6.07) is 22.4. The monoisotopic (exact) mass is 2260 g/mol. The maximum absolute atomic E-state index is 7.19. The highest BCUT2D eigenvalue weighted by atomic mass is 79.9. The lowest BCUT2D eigenvalue weighted by atomic mass is 9.94. The smallest absolute Gasteiger partial charge is 0.137 e. The predicted octanol–water partition coefficient (Wildman–Crippen LogP) is -21.2. The van der Waals surface area contributed by atoms with Gasteiger partial charge in [-0.25, -0.2) is 0 Å².